The second-order valence-electron chi connectivity index (χ2n) is 6.64. The van der Waals surface area contributed by atoms with Gasteiger partial charge < -0.3 is 10.6 Å². The topological polar surface area (TPSA) is 49.6 Å². The van der Waals surface area contributed by atoms with Crippen LogP contribution in [-0.4, -0.2) is 42.5 Å². The molecule has 0 saturated carbocycles. The Labute approximate surface area is 133 Å². The first-order chi connectivity index (χ1) is 10.7. The van der Waals surface area contributed by atoms with Crippen LogP contribution in [0.2, 0.25) is 0 Å². The van der Waals surface area contributed by atoms with Crippen molar-refractivity contribution in [2.24, 2.45) is 5.73 Å². The summed E-state index contributed by atoms with van der Waals surface area (Å²) in [5.41, 5.74) is 8.13. The number of carbonyl (C=O) groups is 1. The molecule has 0 aliphatic carbocycles. The molecule has 2 unspecified atom stereocenters. The Morgan fingerprint density at radius 2 is 2.14 bits per heavy atom. The van der Waals surface area contributed by atoms with Crippen molar-refractivity contribution in [2.45, 2.75) is 51.1 Å². The van der Waals surface area contributed by atoms with Gasteiger partial charge in [0.1, 0.15) is 0 Å². The molecule has 0 bridgehead atoms. The molecule has 2 heterocycles. The molecule has 0 spiro atoms. The van der Waals surface area contributed by atoms with Gasteiger partial charge in [0.15, 0.2) is 0 Å². The van der Waals surface area contributed by atoms with Gasteiger partial charge in [0.2, 0.25) is 5.91 Å². The van der Waals surface area contributed by atoms with Gasteiger partial charge in [-0.15, -0.1) is 0 Å². The Bertz CT molecular complexity index is 529. The first-order valence-corrected chi connectivity index (χ1v) is 8.54. The third-order valence-electron chi connectivity index (χ3n) is 5.06. The monoisotopic (exact) mass is 301 g/mol. The lowest BCUT2D eigenvalue weighted by Gasteiger charge is -2.36. The van der Waals surface area contributed by atoms with E-state index in [1.807, 2.05) is 11.0 Å². The highest BCUT2D eigenvalue weighted by molar-refractivity contribution is 5.97. The number of nitrogens with zero attached hydrogens (tertiary/aromatic N) is 2. The van der Waals surface area contributed by atoms with E-state index in [1.54, 1.807) is 0 Å². The number of anilines is 1. The largest absolute Gasteiger partial charge is 0.330 e. The van der Waals surface area contributed by atoms with Crippen molar-refractivity contribution in [1.29, 1.82) is 0 Å². The Balaban J connectivity index is 1.71. The van der Waals surface area contributed by atoms with Gasteiger partial charge in [0.05, 0.1) is 6.54 Å². The average molecular weight is 301 g/mol. The maximum Gasteiger partial charge on any atom is 0.241 e. The van der Waals surface area contributed by atoms with E-state index in [-0.39, 0.29) is 11.9 Å². The fraction of sp³-hybridized carbons (Fsp3) is 0.611. The molecule has 4 heteroatoms. The number of fused-ring (bicyclic) bond motifs is 1. The molecular formula is C18H27N3O. The van der Waals surface area contributed by atoms with Crippen LogP contribution in [0.25, 0.3) is 0 Å². The summed E-state index contributed by atoms with van der Waals surface area (Å²) >= 11 is 0. The van der Waals surface area contributed by atoms with Crippen molar-refractivity contribution >= 4 is 11.6 Å². The summed E-state index contributed by atoms with van der Waals surface area (Å²) in [5.74, 6) is 0.237. The summed E-state index contributed by atoms with van der Waals surface area (Å²) in [6, 6.07) is 9.04. The molecule has 1 amide bonds. The third-order valence-corrected chi connectivity index (χ3v) is 5.06. The average Bonchev–Trinajstić information content (AvgIpc) is 2.85. The number of piperidine rings is 1. The molecule has 1 saturated heterocycles. The number of rotatable bonds is 4. The Morgan fingerprint density at radius 3 is 2.95 bits per heavy atom. The van der Waals surface area contributed by atoms with Crippen LogP contribution in [-0.2, 0) is 11.2 Å². The molecule has 1 fully saturated rings. The minimum Gasteiger partial charge on any atom is -0.330 e. The van der Waals surface area contributed by atoms with Crippen LogP contribution >= 0.6 is 0 Å². The fourth-order valence-corrected chi connectivity index (χ4v) is 3.98. The van der Waals surface area contributed by atoms with Gasteiger partial charge in [-0.3, -0.25) is 9.69 Å². The van der Waals surface area contributed by atoms with Crippen LogP contribution in [0.3, 0.4) is 0 Å². The number of hydrogen-bond donors (Lipinski definition) is 1. The number of benzene rings is 1. The number of para-hydroxylation sites is 1. The van der Waals surface area contributed by atoms with Crippen molar-refractivity contribution in [3.05, 3.63) is 29.8 Å². The van der Waals surface area contributed by atoms with Crippen LogP contribution in [0.1, 0.15) is 38.2 Å². The molecule has 1 aromatic carbocycles. The SMILES string of the molecule is CC1Cc2ccccc2N1C(=O)CN1CCCCC1CCN. The molecule has 1 aromatic rings. The Hall–Kier alpha value is -1.39. The third kappa shape index (κ3) is 3.03. The van der Waals surface area contributed by atoms with Gasteiger partial charge in [-0.1, -0.05) is 24.6 Å². The highest BCUT2D eigenvalue weighted by Gasteiger charge is 2.32. The van der Waals surface area contributed by atoms with Crippen molar-refractivity contribution in [2.75, 3.05) is 24.5 Å². The van der Waals surface area contributed by atoms with E-state index in [4.69, 9.17) is 5.73 Å². The standard InChI is InChI=1S/C18H27N3O/c1-14-12-15-6-2-3-8-17(15)21(14)18(22)13-20-11-5-4-7-16(20)9-10-19/h2-3,6,8,14,16H,4-5,7,9-13,19H2,1H3. The predicted octanol–water partition coefficient (Wildman–Crippen LogP) is 2.17. The summed E-state index contributed by atoms with van der Waals surface area (Å²) in [6.07, 6.45) is 5.60. The Kier molecular flexibility index (Phi) is 4.79. The first kappa shape index (κ1) is 15.5. The zero-order valence-electron chi connectivity index (χ0n) is 13.5. The number of carbonyl (C=O) groups excluding carboxylic acids is 1. The van der Waals surface area contributed by atoms with E-state index < -0.39 is 0 Å². The van der Waals surface area contributed by atoms with Gasteiger partial charge in [0, 0.05) is 17.8 Å². The molecule has 4 nitrogen and oxygen atoms in total. The molecule has 0 radical (unpaired) electrons. The van der Waals surface area contributed by atoms with Crippen LogP contribution in [0, 0.1) is 0 Å². The minimum atomic E-state index is 0.237. The van der Waals surface area contributed by atoms with E-state index in [1.165, 1.54) is 24.8 Å². The molecule has 120 valence electrons. The zero-order chi connectivity index (χ0) is 15.5. The number of likely N-dealkylation sites (tertiary alicyclic amines) is 1. The molecular weight excluding hydrogens is 274 g/mol. The molecule has 2 aliphatic heterocycles. The summed E-state index contributed by atoms with van der Waals surface area (Å²) in [5, 5.41) is 0. The maximum atomic E-state index is 12.9. The molecule has 2 atom stereocenters. The molecule has 22 heavy (non-hydrogen) atoms. The van der Waals surface area contributed by atoms with Crippen LogP contribution in [0.5, 0.6) is 0 Å². The van der Waals surface area contributed by atoms with E-state index in [9.17, 15) is 4.79 Å². The summed E-state index contributed by atoms with van der Waals surface area (Å²) in [6.45, 7) is 4.41. The predicted molar refractivity (Wildman–Crippen MR) is 90.0 cm³/mol. The van der Waals surface area contributed by atoms with Gasteiger partial charge in [-0.05, 0) is 57.3 Å². The second kappa shape index (κ2) is 6.80. The second-order valence-corrected chi connectivity index (χ2v) is 6.64. The summed E-state index contributed by atoms with van der Waals surface area (Å²) in [4.78, 5) is 17.2. The lowest BCUT2D eigenvalue weighted by molar-refractivity contribution is -0.121. The zero-order valence-corrected chi connectivity index (χ0v) is 13.5. The van der Waals surface area contributed by atoms with Gasteiger partial charge in [-0.2, -0.15) is 0 Å². The molecule has 2 aliphatic rings. The van der Waals surface area contributed by atoms with Crippen molar-refractivity contribution in [1.82, 2.24) is 4.90 Å². The quantitative estimate of drug-likeness (QED) is 0.927. The van der Waals surface area contributed by atoms with Gasteiger partial charge in [-0.25, -0.2) is 0 Å². The van der Waals surface area contributed by atoms with Crippen LogP contribution < -0.4 is 10.6 Å². The molecule has 0 aromatic heterocycles. The first-order valence-electron chi connectivity index (χ1n) is 8.54. The van der Waals surface area contributed by atoms with Crippen LogP contribution in [0.4, 0.5) is 5.69 Å². The highest BCUT2D eigenvalue weighted by Crippen LogP contribution is 2.32. The lowest BCUT2D eigenvalue weighted by atomic mass is 9.99. The minimum absolute atomic E-state index is 0.237. The normalized spacial score (nSPS) is 25.3. The molecule has 2 N–H and O–H groups in total. The number of hydrogen-bond acceptors (Lipinski definition) is 3. The maximum absolute atomic E-state index is 12.9. The summed E-state index contributed by atoms with van der Waals surface area (Å²) < 4.78 is 0. The van der Waals surface area contributed by atoms with Gasteiger partial charge >= 0.3 is 0 Å². The van der Waals surface area contributed by atoms with Crippen molar-refractivity contribution in [3.8, 4) is 0 Å². The van der Waals surface area contributed by atoms with E-state index in [0.29, 0.717) is 19.1 Å². The summed E-state index contributed by atoms with van der Waals surface area (Å²) in [7, 11) is 0. The Morgan fingerprint density at radius 1 is 1.32 bits per heavy atom. The van der Waals surface area contributed by atoms with Crippen LogP contribution in [0.15, 0.2) is 24.3 Å². The smallest absolute Gasteiger partial charge is 0.241 e. The van der Waals surface area contributed by atoms with Crippen molar-refractivity contribution < 1.29 is 4.79 Å². The van der Waals surface area contributed by atoms with E-state index >= 15 is 0 Å². The van der Waals surface area contributed by atoms with Crippen molar-refractivity contribution in [3.63, 3.8) is 0 Å². The highest BCUT2D eigenvalue weighted by atomic mass is 16.2. The lowest BCUT2D eigenvalue weighted by Crippen LogP contribution is -2.48. The van der Waals surface area contributed by atoms with E-state index in [2.05, 4.69) is 30.0 Å². The number of amides is 1. The van der Waals surface area contributed by atoms with Gasteiger partial charge in [0.25, 0.3) is 0 Å². The number of nitrogens with two attached hydrogens (primary N) is 1. The molecule has 3 rings (SSSR count). The van der Waals surface area contributed by atoms with E-state index in [0.717, 1.165) is 25.1 Å². The fourth-order valence-electron chi connectivity index (χ4n) is 3.98.